The highest BCUT2D eigenvalue weighted by Crippen LogP contribution is 2.20. The third-order valence-electron chi connectivity index (χ3n) is 4.36. The molecule has 1 heterocycles. The summed E-state index contributed by atoms with van der Waals surface area (Å²) in [4.78, 5) is 2.62. The molecule has 1 saturated heterocycles. The second kappa shape index (κ2) is 7.09. The molecule has 3 heteroatoms. The Labute approximate surface area is 123 Å². The maximum atomic E-state index is 5.33. The minimum absolute atomic E-state index is 0.600. The van der Waals surface area contributed by atoms with E-state index in [9.17, 15) is 0 Å². The van der Waals surface area contributed by atoms with E-state index in [0.717, 1.165) is 25.4 Å². The van der Waals surface area contributed by atoms with Crippen LogP contribution in [0.3, 0.4) is 0 Å². The molecule has 1 aliphatic heterocycles. The summed E-state index contributed by atoms with van der Waals surface area (Å²) in [5.41, 5.74) is 1.34. The van der Waals surface area contributed by atoms with Crippen molar-refractivity contribution in [1.82, 2.24) is 10.2 Å². The van der Waals surface area contributed by atoms with E-state index in [1.807, 2.05) is 6.07 Å². The zero-order chi connectivity index (χ0) is 14.5. The molecule has 112 valence electrons. The molecule has 2 rings (SSSR count). The Morgan fingerprint density at radius 3 is 2.85 bits per heavy atom. The van der Waals surface area contributed by atoms with Crippen molar-refractivity contribution in [2.24, 2.45) is 5.92 Å². The lowest BCUT2D eigenvalue weighted by atomic mass is 9.98. The van der Waals surface area contributed by atoms with Crippen molar-refractivity contribution in [3.8, 4) is 5.75 Å². The topological polar surface area (TPSA) is 24.5 Å². The van der Waals surface area contributed by atoms with Crippen molar-refractivity contribution >= 4 is 0 Å². The van der Waals surface area contributed by atoms with Gasteiger partial charge in [0.2, 0.25) is 0 Å². The summed E-state index contributed by atoms with van der Waals surface area (Å²) in [7, 11) is 1.73. The Balaban J connectivity index is 2.06. The van der Waals surface area contributed by atoms with Crippen molar-refractivity contribution in [2.75, 3.05) is 20.2 Å². The molecular weight excluding hydrogens is 248 g/mol. The SMILES string of the molecule is CCC1CNC(C(C)C)CN1Cc1cccc(OC)c1. The molecule has 0 radical (unpaired) electrons. The first-order chi connectivity index (χ1) is 9.63. The number of piperazine rings is 1. The Hall–Kier alpha value is -1.06. The Morgan fingerprint density at radius 1 is 1.40 bits per heavy atom. The quantitative estimate of drug-likeness (QED) is 0.895. The van der Waals surface area contributed by atoms with E-state index in [1.165, 1.54) is 12.0 Å². The molecule has 1 aliphatic rings. The van der Waals surface area contributed by atoms with Gasteiger partial charge in [0.25, 0.3) is 0 Å². The molecule has 0 aromatic heterocycles. The predicted octanol–water partition coefficient (Wildman–Crippen LogP) is 2.90. The highest BCUT2D eigenvalue weighted by atomic mass is 16.5. The van der Waals surface area contributed by atoms with Crippen molar-refractivity contribution in [3.05, 3.63) is 29.8 Å². The molecule has 1 fully saturated rings. The van der Waals surface area contributed by atoms with Crippen LogP contribution in [0.25, 0.3) is 0 Å². The van der Waals surface area contributed by atoms with Gasteiger partial charge >= 0.3 is 0 Å². The zero-order valence-electron chi connectivity index (χ0n) is 13.2. The summed E-state index contributed by atoms with van der Waals surface area (Å²) in [6, 6.07) is 9.67. The monoisotopic (exact) mass is 276 g/mol. The highest BCUT2D eigenvalue weighted by Gasteiger charge is 2.28. The number of ether oxygens (including phenoxy) is 1. The molecule has 0 bridgehead atoms. The van der Waals surface area contributed by atoms with Crippen LogP contribution < -0.4 is 10.1 Å². The second-order valence-corrected chi connectivity index (χ2v) is 6.10. The first kappa shape index (κ1) is 15.3. The molecule has 0 aliphatic carbocycles. The van der Waals surface area contributed by atoms with Gasteiger partial charge < -0.3 is 10.1 Å². The summed E-state index contributed by atoms with van der Waals surface area (Å²) in [5.74, 6) is 1.63. The maximum absolute atomic E-state index is 5.33. The van der Waals surface area contributed by atoms with Gasteiger partial charge in [-0.05, 0) is 30.0 Å². The normalized spacial score (nSPS) is 24.1. The fraction of sp³-hybridized carbons (Fsp3) is 0.647. The highest BCUT2D eigenvalue weighted by molar-refractivity contribution is 5.28. The van der Waals surface area contributed by atoms with E-state index >= 15 is 0 Å². The summed E-state index contributed by atoms with van der Waals surface area (Å²) >= 11 is 0. The molecule has 20 heavy (non-hydrogen) atoms. The molecule has 1 N–H and O–H groups in total. The van der Waals surface area contributed by atoms with Gasteiger partial charge in [-0.2, -0.15) is 0 Å². The van der Waals surface area contributed by atoms with Crippen molar-refractivity contribution < 1.29 is 4.74 Å². The van der Waals surface area contributed by atoms with E-state index in [1.54, 1.807) is 7.11 Å². The lowest BCUT2D eigenvalue weighted by molar-refractivity contribution is 0.103. The summed E-state index contributed by atoms with van der Waals surface area (Å²) in [6.07, 6.45) is 1.20. The lowest BCUT2D eigenvalue weighted by Gasteiger charge is -2.41. The Bertz CT molecular complexity index is 419. The fourth-order valence-corrected chi connectivity index (χ4v) is 2.93. The standard InChI is InChI=1S/C17H28N2O/c1-5-15-10-18-17(13(2)3)12-19(15)11-14-7-6-8-16(9-14)20-4/h6-9,13,15,17-18H,5,10-12H2,1-4H3. The second-order valence-electron chi connectivity index (χ2n) is 6.10. The van der Waals surface area contributed by atoms with Gasteiger partial charge in [0.1, 0.15) is 5.75 Å². The number of nitrogens with one attached hydrogen (secondary N) is 1. The van der Waals surface area contributed by atoms with Crippen LogP contribution in [0, 0.1) is 5.92 Å². The summed E-state index contributed by atoms with van der Waals surface area (Å²) in [6.45, 7) is 10.1. The van der Waals surface area contributed by atoms with Crippen LogP contribution in [0.4, 0.5) is 0 Å². The molecule has 0 saturated carbocycles. The predicted molar refractivity (Wildman–Crippen MR) is 84.1 cm³/mol. The number of methoxy groups -OCH3 is 1. The number of rotatable bonds is 5. The van der Waals surface area contributed by atoms with Crippen LogP contribution in [-0.2, 0) is 6.54 Å². The minimum atomic E-state index is 0.600. The fourth-order valence-electron chi connectivity index (χ4n) is 2.93. The van der Waals surface area contributed by atoms with Crippen molar-refractivity contribution in [2.45, 2.75) is 45.8 Å². The smallest absolute Gasteiger partial charge is 0.119 e. The van der Waals surface area contributed by atoms with Crippen LogP contribution in [0.2, 0.25) is 0 Å². The van der Waals surface area contributed by atoms with Crippen LogP contribution >= 0.6 is 0 Å². The molecule has 2 atom stereocenters. The molecule has 1 aromatic rings. The van der Waals surface area contributed by atoms with E-state index in [4.69, 9.17) is 4.74 Å². The number of nitrogens with zero attached hydrogens (tertiary/aromatic N) is 1. The van der Waals surface area contributed by atoms with Gasteiger partial charge in [-0.25, -0.2) is 0 Å². The molecule has 3 nitrogen and oxygen atoms in total. The van der Waals surface area contributed by atoms with Crippen molar-refractivity contribution in [1.29, 1.82) is 0 Å². The van der Waals surface area contributed by atoms with E-state index in [-0.39, 0.29) is 0 Å². The third kappa shape index (κ3) is 3.74. The van der Waals surface area contributed by atoms with Gasteiger partial charge in [-0.3, -0.25) is 4.90 Å². The average Bonchev–Trinajstić information content (AvgIpc) is 2.47. The van der Waals surface area contributed by atoms with Crippen molar-refractivity contribution in [3.63, 3.8) is 0 Å². The van der Waals surface area contributed by atoms with E-state index < -0.39 is 0 Å². The van der Waals surface area contributed by atoms with Crippen LogP contribution in [0.15, 0.2) is 24.3 Å². The van der Waals surface area contributed by atoms with E-state index in [2.05, 4.69) is 49.2 Å². The van der Waals surface area contributed by atoms with Gasteiger partial charge in [0.15, 0.2) is 0 Å². The zero-order valence-corrected chi connectivity index (χ0v) is 13.2. The number of hydrogen-bond acceptors (Lipinski definition) is 3. The van der Waals surface area contributed by atoms with Gasteiger partial charge in [-0.1, -0.05) is 32.9 Å². The number of hydrogen-bond donors (Lipinski definition) is 1. The van der Waals surface area contributed by atoms with Crippen LogP contribution in [-0.4, -0.2) is 37.2 Å². The van der Waals surface area contributed by atoms with Gasteiger partial charge in [-0.15, -0.1) is 0 Å². The van der Waals surface area contributed by atoms with E-state index in [0.29, 0.717) is 18.0 Å². The Morgan fingerprint density at radius 2 is 2.20 bits per heavy atom. The third-order valence-corrected chi connectivity index (χ3v) is 4.36. The molecule has 0 amide bonds. The number of benzene rings is 1. The summed E-state index contributed by atoms with van der Waals surface area (Å²) < 4.78 is 5.33. The van der Waals surface area contributed by atoms with Gasteiger partial charge in [0, 0.05) is 31.7 Å². The van der Waals surface area contributed by atoms with Crippen LogP contribution in [0.5, 0.6) is 5.75 Å². The maximum Gasteiger partial charge on any atom is 0.119 e. The largest absolute Gasteiger partial charge is 0.497 e. The Kier molecular flexibility index (Phi) is 5.44. The van der Waals surface area contributed by atoms with Gasteiger partial charge in [0.05, 0.1) is 7.11 Å². The first-order valence-corrected chi connectivity index (χ1v) is 7.74. The van der Waals surface area contributed by atoms with Crippen LogP contribution in [0.1, 0.15) is 32.8 Å². The minimum Gasteiger partial charge on any atom is -0.497 e. The molecule has 0 spiro atoms. The first-order valence-electron chi connectivity index (χ1n) is 7.74. The average molecular weight is 276 g/mol. The molecule has 2 unspecified atom stereocenters. The molecule has 1 aromatic carbocycles. The lowest BCUT2D eigenvalue weighted by Crippen LogP contribution is -2.57. The summed E-state index contributed by atoms with van der Waals surface area (Å²) in [5, 5.41) is 3.69. The molecular formula is C17H28N2O.